The molecule has 1 nitrogen and oxygen atoms in total. The van der Waals surface area contributed by atoms with Crippen LogP contribution in [0.25, 0.3) is 0 Å². The third kappa shape index (κ3) is 3.17. The Kier molecular flexibility index (Phi) is 4.37. The fraction of sp³-hybridized carbons (Fsp3) is 0.571. The second-order valence-electron chi connectivity index (χ2n) is 5.26. The van der Waals surface area contributed by atoms with Crippen molar-refractivity contribution in [3.05, 3.63) is 28.8 Å². The van der Waals surface area contributed by atoms with E-state index in [1.807, 2.05) is 6.07 Å². The zero-order chi connectivity index (χ0) is 12.4. The summed E-state index contributed by atoms with van der Waals surface area (Å²) in [7, 11) is 0. The lowest BCUT2D eigenvalue weighted by atomic mass is 9.91. The smallest absolute Gasteiger partial charge is 0.0426 e. The van der Waals surface area contributed by atoms with Crippen LogP contribution in [0.1, 0.15) is 25.8 Å². The number of rotatable bonds is 2. The molecule has 0 aliphatic carbocycles. The number of halogens is 2. The Bertz CT molecular complexity index is 384. The van der Waals surface area contributed by atoms with Gasteiger partial charge in [-0.3, -0.25) is 0 Å². The van der Waals surface area contributed by atoms with Crippen LogP contribution in [-0.4, -0.2) is 13.1 Å². The molecule has 1 saturated heterocycles. The van der Waals surface area contributed by atoms with Gasteiger partial charge in [-0.05, 0) is 36.0 Å². The summed E-state index contributed by atoms with van der Waals surface area (Å²) in [5.74, 6) is 1.53. The van der Waals surface area contributed by atoms with E-state index < -0.39 is 0 Å². The molecule has 0 saturated carbocycles. The largest absolute Gasteiger partial charge is 0.371 e. The van der Waals surface area contributed by atoms with Crippen LogP contribution in [0.4, 0.5) is 5.69 Å². The maximum Gasteiger partial charge on any atom is 0.0426 e. The Morgan fingerprint density at radius 3 is 2.53 bits per heavy atom. The van der Waals surface area contributed by atoms with Crippen LogP contribution in [0, 0.1) is 11.8 Å². The third-order valence-electron chi connectivity index (χ3n) is 3.40. The summed E-state index contributed by atoms with van der Waals surface area (Å²) in [6, 6.07) is 6.19. The van der Waals surface area contributed by atoms with Gasteiger partial charge in [-0.1, -0.05) is 47.4 Å². The van der Waals surface area contributed by atoms with Crippen molar-refractivity contribution in [2.75, 3.05) is 18.0 Å². The number of nitrogens with zero attached hydrogens (tertiary/aromatic N) is 1. The van der Waals surface area contributed by atoms with Crippen LogP contribution in [0.5, 0.6) is 0 Å². The second-order valence-corrected chi connectivity index (χ2v) is 6.25. The molecule has 1 aromatic carbocycles. The normalized spacial score (nSPS) is 25.1. The van der Waals surface area contributed by atoms with Crippen molar-refractivity contribution in [3.8, 4) is 0 Å². The molecule has 2 unspecified atom stereocenters. The summed E-state index contributed by atoms with van der Waals surface area (Å²) in [5.41, 5.74) is 2.63. The number of benzene rings is 1. The average molecular weight is 317 g/mol. The topological polar surface area (TPSA) is 3.24 Å². The highest BCUT2D eigenvalue weighted by atomic mass is 79.9. The van der Waals surface area contributed by atoms with E-state index >= 15 is 0 Å². The predicted molar refractivity (Wildman–Crippen MR) is 79.2 cm³/mol. The maximum atomic E-state index is 6.12. The molecule has 1 aromatic rings. The molecule has 1 fully saturated rings. The highest BCUT2D eigenvalue weighted by Crippen LogP contribution is 2.31. The van der Waals surface area contributed by atoms with Gasteiger partial charge < -0.3 is 4.90 Å². The first-order valence-electron chi connectivity index (χ1n) is 6.19. The molecule has 17 heavy (non-hydrogen) atoms. The van der Waals surface area contributed by atoms with Gasteiger partial charge in [-0.2, -0.15) is 0 Å². The van der Waals surface area contributed by atoms with E-state index in [0.29, 0.717) is 0 Å². The summed E-state index contributed by atoms with van der Waals surface area (Å²) in [4.78, 5) is 2.49. The fourth-order valence-electron chi connectivity index (χ4n) is 2.80. The number of hydrogen-bond acceptors (Lipinski definition) is 1. The predicted octanol–water partition coefficient (Wildman–Crippen LogP) is 4.72. The minimum Gasteiger partial charge on any atom is -0.371 e. The first kappa shape index (κ1) is 13.2. The van der Waals surface area contributed by atoms with E-state index in [4.69, 9.17) is 11.6 Å². The zero-order valence-corrected chi connectivity index (χ0v) is 12.8. The molecule has 1 aliphatic heterocycles. The average Bonchev–Trinajstić information content (AvgIpc) is 2.27. The van der Waals surface area contributed by atoms with Gasteiger partial charge in [0.25, 0.3) is 0 Å². The van der Waals surface area contributed by atoms with Crippen LogP contribution >= 0.6 is 27.5 Å². The van der Waals surface area contributed by atoms with Crippen molar-refractivity contribution in [3.63, 3.8) is 0 Å². The third-order valence-corrected chi connectivity index (χ3v) is 4.24. The Balaban J connectivity index is 2.28. The van der Waals surface area contributed by atoms with Crippen molar-refractivity contribution in [1.82, 2.24) is 0 Å². The van der Waals surface area contributed by atoms with E-state index in [2.05, 4.69) is 46.8 Å². The lowest BCUT2D eigenvalue weighted by molar-refractivity contribution is 0.356. The standard InChI is InChI=1S/C14H19BrClN/c1-10-5-11(2)9-17(8-10)14-6-13(16)4-3-12(14)7-15/h3-4,6,10-11H,5,7-9H2,1-2H3. The van der Waals surface area contributed by atoms with E-state index in [1.54, 1.807) is 0 Å². The van der Waals surface area contributed by atoms with Crippen LogP contribution in [0.15, 0.2) is 18.2 Å². The van der Waals surface area contributed by atoms with Gasteiger partial charge in [0.1, 0.15) is 0 Å². The van der Waals surface area contributed by atoms with Gasteiger partial charge in [-0.15, -0.1) is 0 Å². The molecule has 0 aromatic heterocycles. The number of anilines is 1. The molecule has 0 spiro atoms. The Morgan fingerprint density at radius 2 is 1.94 bits per heavy atom. The van der Waals surface area contributed by atoms with Gasteiger partial charge >= 0.3 is 0 Å². The van der Waals surface area contributed by atoms with Gasteiger partial charge in [0, 0.05) is 29.1 Å². The van der Waals surface area contributed by atoms with Crippen LogP contribution < -0.4 is 4.90 Å². The van der Waals surface area contributed by atoms with E-state index in [0.717, 1.165) is 35.3 Å². The zero-order valence-electron chi connectivity index (χ0n) is 10.4. The molecule has 2 rings (SSSR count). The van der Waals surface area contributed by atoms with Crippen molar-refractivity contribution >= 4 is 33.2 Å². The van der Waals surface area contributed by atoms with Gasteiger partial charge in [0.05, 0.1) is 0 Å². The molecular formula is C14H19BrClN. The van der Waals surface area contributed by atoms with Crippen molar-refractivity contribution in [2.45, 2.75) is 25.6 Å². The van der Waals surface area contributed by atoms with Crippen molar-refractivity contribution in [2.24, 2.45) is 11.8 Å². The summed E-state index contributed by atoms with van der Waals surface area (Å²) in [6.07, 6.45) is 1.33. The van der Waals surface area contributed by atoms with Gasteiger partial charge in [-0.25, -0.2) is 0 Å². The van der Waals surface area contributed by atoms with Crippen LogP contribution in [-0.2, 0) is 5.33 Å². The van der Waals surface area contributed by atoms with Gasteiger partial charge in [0.2, 0.25) is 0 Å². The minimum absolute atomic E-state index is 0.765. The first-order valence-corrected chi connectivity index (χ1v) is 7.69. The molecule has 3 heteroatoms. The second kappa shape index (κ2) is 5.62. The SMILES string of the molecule is CC1CC(C)CN(c2cc(Cl)ccc2CBr)C1. The van der Waals surface area contributed by atoms with Crippen molar-refractivity contribution < 1.29 is 0 Å². The lowest BCUT2D eigenvalue weighted by Gasteiger charge is -2.37. The molecule has 2 atom stereocenters. The molecule has 0 amide bonds. The monoisotopic (exact) mass is 315 g/mol. The molecule has 0 bridgehead atoms. The maximum absolute atomic E-state index is 6.12. The highest BCUT2D eigenvalue weighted by Gasteiger charge is 2.23. The van der Waals surface area contributed by atoms with Crippen LogP contribution in [0.2, 0.25) is 5.02 Å². The van der Waals surface area contributed by atoms with Crippen molar-refractivity contribution in [1.29, 1.82) is 0 Å². The molecule has 0 radical (unpaired) electrons. The van der Waals surface area contributed by atoms with Crippen LogP contribution in [0.3, 0.4) is 0 Å². The van der Waals surface area contributed by atoms with E-state index in [9.17, 15) is 0 Å². The molecular weight excluding hydrogens is 298 g/mol. The van der Waals surface area contributed by atoms with E-state index in [-0.39, 0.29) is 0 Å². The van der Waals surface area contributed by atoms with E-state index in [1.165, 1.54) is 17.7 Å². The number of alkyl halides is 1. The summed E-state index contributed by atoms with van der Waals surface area (Å²) in [6.45, 7) is 6.96. The molecule has 1 aliphatic rings. The minimum atomic E-state index is 0.765. The Hall–Kier alpha value is -0.210. The number of hydrogen-bond donors (Lipinski definition) is 0. The lowest BCUT2D eigenvalue weighted by Crippen LogP contribution is -2.39. The van der Waals surface area contributed by atoms with Gasteiger partial charge in [0.15, 0.2) is 0 Å². The number of piperidine rings is 1. The first-order chi connectivity index (χ1) is 8.10. The highest BCUT2D eigenvalue weighted by molar-refractivity contribution is 9.08. The molecule has 94 valence electrons. The summed E-state index contributed by atoms with van der Waals surface area (Å²) in [5, 5.41) is 1.72. The molecule has 0 N–H and O–H groups in total. The fourth-order valence-corrected chi connectivity index (χ4v) is 3.44. The Labute approximate surface area is 117 Å². The molecule has 1 heterocycles. The summed E-state index contributed by atoms with van der Waals surface area (Å²) < 4.78 is 0. The Morgan fingerprint density at radius 1 is 1.29 bits per heavy atom. The summed E-state index contributed by atoms with van der Waals surface area (Å²) >= 11 is 9.68. The quantitative estimate of drug-likeness (QED) is 0.714.